The van der Waals surface area contributed by atoms with Gasteiger partial charge in [0.25, 0.3) is 0 Å². The van der Waals surface area contributed by atoms with E-state index in [0.29, 0.717) is 5.56 Å². The molecule has 2 amide bonds. The average Bonchev–Trinajstić information content (AvgIpc) is 3.18. The van der Waals surface area contributed by atoms with Crippen LogP contribution in [0.3, 0.4) is 0 Å². The molecule has 1 saturated heterocycles. The van der Waals surface area contributed by atoms with E-state index < -0.39 is 0 Å². The molecule has 5 heteroatoms. The standard InChI is InChI=1S/C16H15N3OS/c17-11-12-5-7-13(8-6-12)18-16(20)19-9-1-3-14(19)15-4-2-10-21-15/h2,4-8,10,14H,1,3,9H2,(H,18,20)/t14-/m0/s1. The first kappa shape index (κ1) is 13.7. The van der Waals surface area contributed by atoms with Gasteiger partial charge in [0, 0.05) is 17.1 Å². The predicted molar refractivity (Wildman–Crippen MR) is 83.2 cm³/mol. The number of urea groups is 1. The minimum absolute atomic E-state index is 0.0735. The van der Waals surface area contributed by atoms with E-state index in [1.54, 1.807) is 35.6 Å². The highest BCUT2D eigenvalue weighted by molar-refractivity contribution is 7.10. The van der Waals surface area contributed by atoms with Gasteiger partial charge in [-0.25, -0.2) is 4.79 Å². The maximum Gasteiger partial charge on any atom is 0.322 e. The zero-order valence-corrected chi connectivity index (χ0v) is 12.3. The summed E-state index contributed by atoms with van der Waals surface area (Å²) in [6.07, 6.45) is 2.05. The van der Waals surface area contributed by atoms with Crippen molar-refractivity contribution in [1.82, 2.24) is 4.90 Å². The normalized spacial score (nSPS) is 17.5. The number of hydrogen-bond donors (Lipinski definition) is 1. The lowest BCUT2D eigenvalue weighted by molar-refractivity contribution is 0.208. The SMILES string of the molecule is N#Cc1ccc(NC(=O)N2CCC[C@H]2c2cccs2)cc1. The first-order valence-electron chi connectivity index (χ1n) is 6.89. The number of nitrogens with one attached hydrogen (secondary N) is 1. The number of hydrogen-bond acceptors (Lipinski definition) is 3. The topological polar surface area (TPSA) is 56.1 Å². The molecule has 1 fully saturated rings. The summed E-state index contributed by atoms with van der Waals surface area (Å²) in [6, 6.07) is 13.2. The van der Waals surface area contributed by atoms with Gasteiger partial charge in [-0.2, -0.15) is 5.26 Å². The van der Waals surface area contributed by atoms with Crippen LogP contribution in [0, 0.1) is 11.3 Å². The maximum absolute atomic E-state index is 12.4. The van der Waals surface area contributed by atoms with Gasteiger partial charge in [0.05, 0.1) is 17.7 Å². The second-order valence-corrected chi connectivity index (χ2v) is 5.97. The lowest BCUT2D eigenvalue weighted by Crippen LogP contribution is -2.34. The Morgan fingerprint density at radius 3 is 2.81 bits per heavy atom. The molecule has 21 heavy (non-hydrogen) atoms. The van der Waals surface area contributed by atoms with E-state index in [9.17, 15) is 4.79 Å². The number of benzene rings is 1. The number of carbonyl (C=O) groups excluding carboxylic acids is 1. The Kier molecular flexibility index (Phi) is 3.89. The highest BCUT2D eigenvalue weighted by Gasteiger charge is 2.30. The van der Waals surface area contributed by atoms with Crippen molar-refractivity contribution in [3.63, 3.8) is 0 Å². The predicted octanol–water partition coefficient (Wildman–Crippen LogP) is 3.99. The van der Waals surface area contributed by atoms with Crippen molar-refractivity contribution in [2.75, 3.05) is 11.9 Å². The fourth-order valence-electron chi connectivity index (χ4n) is 2.61. The van der Waals surface area contributed by atoms with Crippen LogP contribution in [-0.2, 0) is 0 Å². The van der Waals surface area contributed by atoms with Crippen molar-refractivity contribution in [1.29, 1.82) is 5.26 Å². The molecule has 2 aromatic rings. The van der Waals surface area contributed by atoms with Crippen molar-refractivity contribution in [2.24, 2.45) is 0 Å². The molecule has 0 aliphatic carbocycles. The molecule has 0 unspecified atom stereocenters. The smallest absolute Gasteiger partial charge is 0.317 e. The number of carbonyl (C=O) groups is 1. The quantitative estimate of drug-likeness (QED) is 0.911. The summed E-state index contributed by atoms with van der Waals surface area (Å²) in [5.74, 6) is 0. The summed E-state index contributed by atoms with van der Waals surface area (Å²) < 4.78 is 0. The molecular weight excluding hydrogens is 282 g/mol. The van der Waals surface area contributed by atoms with E-state index in [-0.39, 0.29) is 12.1 Å². The van der Waals surface area contributed by atoms with E-state index in [4.69, 9.17) is 5.26 Å². The summed E-state index contributed by atoms with van der Waals surface area (Å²) >= 11 is 1.69. The highest BCUT2D eigenvalue weighted by atomic mass is 32.1. The Morgan fingerprint density at radius 2 is 2.14 bits per heavy atom. The van der Waals surface area contributed by atoms with Gasteiger partial charge in [-0.15, -0.1) is 11.3 Å². The molecule has 1 aromatic carbocycles. The van der Waals surface area contributed by atoms with Crippen LogP contribution in [-0.4, -0.2) is 17.5 Å². The Hall–Kier alpha value is -2.32. The number of thiophene rings is 1. The second kappa shape index (κ2) is 5.98. The molecule has 106 valence electrons. The highest BCUT2D eigenvalue weighted by Crippen LogP contribution is 2.34. The third-order valence-electron chi connectivity index (χ3n) is 3.65. The second-order valence-electron chi connectivity index (χ2n) is 4.99. The first-order chi connectivity index (χ1) is 10.3. The van der Waals surface area contributed by atoms with Crippen LogP contribution >= 0.6 is 11.3 Å². The molecule has 2 heterocycles. The number of anilines is 1. The fraction of sp³-hybridized carbons (Fsp3) is 0.250. The van der Waals surface area contributed by atoms with Crippen LogP contribution in [0.25, 0.3) is 0 Å². The molecule has 1 N–H and O–H groups in total. The number of nitrogens with zero attached hydrogens (tertiary/aromatic N) is 2. The van der Waals surface area contributed by atoms with Crippen LogP contribution in [0.1, 0.15) is 29.3 Å². The molecule has 3 rings (SSSR count). The van der Waals surface area contributed by atoms with Crippen molar-refractivity contribution in [3.8, 4) is 6.07 Å². The molecule has 0 spiro atoms. The van der Waals surface area contributed by atoms with Gasteiger partial charge in [0.2, 0.25) is 0 Å². The largest absolute Gasteiger partial charge is 0.322 e. The fourth-order valence-corrected chi connectivity index (χ4v) is 3.48. The van der Waals surface area contributed by atoms with E-state index in [0.717, 1.165) is 25.1 Å². The number of amides is 2. The molecule has 4 nitrogen and oxygen atoms in total. The third-order valence-corrected chi connectivity index (χ3v) is 4.62. The first-order valence-corrected chi connectivity index (χ1v) is 7.77. The van der Waals surface area contributed by atoms with Crippen molar-refractivity contribution < 1.29 is 4.79 Å². The zero-order chi connectivity index (χ0) is 14.7. The Morgan fingerprint density at radius 1 is 1.33 bits per heavy atom. The lowest BCUT2D eigenvalue weighted by Gasteiger charge is -2.24. The van der Waals surface area contributed by atoms with Crippen LogP contribution in [0.2, 0.25) is 0 Å². The van der Waals surface area contributed by atoms with Gasteiger partial charge in [0.15, 0.2) is 0 Å². The average molecular weight is 297 g/mol. The molecule has 0 radical (unpaired) electrons. The Bertz CT molecular complexity index is 658. The van der Waals surface area contributed by atoms with E-state index in [1.165, 1.54) is 4.88 Å². The summed E-state index contributed by atoms with van der Waals surface area (Å²) in [5, 5.41) is 13.7. The lowest BCUT2D eigenvalue weighted by atomic mass is 10.2. The van der Waals surface area contributed by atoms with Gasteiger partial charge in [-0.05, 0) is 48.6 Å². The van der Waals surface area contributed by atoms with Crippen molar-refractivity contribution in [3.05, 3.63) is 52.2 Å². The van der Waals surface area contributed by atoms with Crippen molar-refractivity contribution >= 4 is 23.1 Å². The Balaban J connectivity index is 1.71. The van der Waals surface area contributed by atoms with Gasteiger partial charge in [0.1, 0.15) is 0 Å². The minimum Gasteiger partial charge on any atom is -0.317 e. The van der Waals surface area contributed by atoms with Crippen LogP contribution < -0.4 is 5.32 Å². The number of rotatable bonds is 2. The van der Waals surface area contributed by atoms with Crippen LogP contribution in [0.5, 0.6) is 0 Å². The summed E-state index contributed by atoms with van der Waals surface area (Å²) in [4.78, 5) is 15.6. The van der Waals surface area contributed by atoms with Gasteiger partial charge >= 0.3 is 6.03 Å². The zero-order valence-electron chi connectivity index (χ0n) is 11.5. The summed E-state index contributed by atoms with van der Waals surface area (Å²) in [6.45, 7) is 0.782. The molecular formula is C16H15N3OS. The molecule has 1 aliphatic rings. The molecule has 1 aromatic heterocycles. The van der Waals surface area contributed by atoms with Gasteiger partial charge in [-0.1, -0.05) is 6.07 Å². The van der Waals surface area contributed by atoms with Crippen molar-refractivity contribution in [2.45, 2.75) is 18.9 Å². The van der Waals surface area contributed by atoms with Crippen LogP contribution in [0.4, 0.5) is 10.5 Å². The Labute approximate surface area is 127 Å². The molecule has 0 saturated carbocycles. The summed E-state index contributed by atoms with van der Waals surface area (Å²) in [7, 11) is 0. The minimum atomic E-state index is -0.0735. The van der Waals surface area contributed by atoms with E-state index in [2.05, 4.69) is 17.5 Å². The van der Waals surface area contributed by atoms with Gasteiger partial charge in [-0.3, -0.25) is 0 Å². The van der Waals surface area contributed by atoms with Gasteiger partial charge < -0.3 is 10.2 Å². The monoisotopic (exact) mass is 297 g/mol. The molecule has 1 aliphatic heterocycles. The maximum atomic E-state index is 12.4. The molecule has 0 bridgehead atoms. The number of nitriles is 1. The summed E-state index contributed by atoms with van der Waals surface area (Å²) in [5.41, 5.74) is 1.31. The van der Waals surface area contributed by atoms with E-state index in [1.807, 2.05) is 16.3 Å². The van der Waals surface area contributed by atoms with Crippen LogP contribution in [0.15, 0.2) is 41.8 Å². The van der Waals surface area contributed by atoms with E-state index >= 15 is 0 Å². The molecule has 1 atom stereocenters. The number of likely N-dealkylation sites (tertiary alicyclic amines) is 1. The third kappa shape index (κ3) is 2.91.